The van der Waals surface area contributed by atoms with Crippen molar-refractivity contribution >= 4 is 0 Å². The summed E-state index contributed by atoms with van der Waals surface area (Å²) >= 11 is 0. The van der Waals surface area contributed by atoms with Gasteiger partial charge < -0.3 is 10.2 Å². The summed E-state index contributed by atoms with van der Waals surface area (Å²) in [5, 5.41) is 0. The molecule has 4 heteroatoms. The second-order valence-corrected chi connectivity index (χ2v) is 5.55. The van der Waals surface area contributed by atoms with E-state index in [1.54, 1.807) is 6.26 Å². The third kappa shape index (κ3) is 2.60. The summed E-state index contributed by atoms with van der Waals surface area (Å²) in [4.78, 5) is 5.18. The van der Waals surface area contributed by atoms with Gasteiger partial charge in [-0.1, -0.05) is 6.42 Å². The first-order chi connectivity index (χ1) is 8.85. The van der Waals surface area contributed by atoms with Crippen LogP contribution in [-0.4, -0.2) is 42.0 Å². The van der Waals surface area contributed by atoms with Crippen molar-refractivity contribution in [3.8, 4) is 0 Å². The fourth-order valence-electron chi connectivity index (χ4n) is 3.20. The number of fused-ring (bicyclic) bond motifs is 1. The molecular formula is C14H23N3O. The summed E-state index contributed by atoms with van der Waals surface area (Å²) in [5.41, 5.74) is 6.70. The monoisotopic (exact) mass is 249 g/mol. The van der Waals surface area contributed by atoms with Gasteiger partial charge in [-0.2, -0.15) is 0 Å². The van der Waals surface area contributed by atoms with Crippen LogP contribution in [0.15, 0.2) is 16.7 Å². The molecule has 2 aliphatic rings. The topological polar surface area (TPSA) is 45.6 Å². The Morgan fingerprint density at radius 2 is 2.22 bits per heavy atom. The van der Waals surface area contributed by atoms with Gasteiger partial charge in [-0.05, 0) is 25.5 Å². The average Bonchev–Trinajstić information content (AvgIpc) is 2.86. The van der Waals surface area contributed by atoms with E-state index in [9.17, 15) is 0 Å². The van der Waals surface area contributed by atoms with E-state index < -0.39 is 0 Å². The molecule has 0 spiro atoms. The van der Waals surface area contributed by atoms with Crippen molar-refractivity contribution in [3.63, 3.8) is 0 Å². The van der Waals surface area contributed by atoms with Gasteiger partial charge in [-0.25, -0.2) is 0 Å². The zero-order chi connectivity index (χ0) is 12.4. The standard InChI is InChI=1S/C14H23N3O/c15-8-12-7-14(18-11-12)10-16-5-6-17-4-2-1-3-13(17)9-16/h7,11,13H,1-6,8-10,15H2. The molecule has 4 nitrogen and oxygen atoms in total. The van der Waals surface area contributed by atoms with Crippen LogP contribution in [0, 0.1) is 0 Å². The van der Waals surface area contributed by atoms with Crippen molar-refractivity contribution in [3.05, 3.63) is 23.7 Å². The number of nitrogens with zero attached hydrogens (tertiary/aromatic N) is 2. The molecule has 100 valence electrons. The van der Waals surface area contributed by atoms with Crippen LogP contribution in [0.3, 0.4) is 0 Å². The number of piperidine rings is 1. The normalized spacial score (nSPS) is 26.2. The third-order valence-corrected chi connectivity index (χ3v) is 4.24. The largest absolute Gasteiger partial charge is 0.468 e. The van der Waals surface area contributed by atoms with E-state index in [0.29, 0.717) is 6.54 Å². The van der Waals surface area contributed by atoms with Gasteiger partial charge >= 0.3 is 0 Å². The molecule has 2 saturated heterocycles. The molecule has 1 aromatic rings. The van der Waals surface area contributed by atoms with E-state index in [1.807, 2.05) is 0 Å². The van der Waals surface area contributed by atoms with E-state index >= 15 is 0 Å². The smallest absolute Gasteiger partial charge is 0.118 e. The van der Waals surface area contributed by atoms with Crippen molar-refractivity contribution in [1.82, 2.24) is 9.80 Å². The average molecular weight is 249 g/mol. The summed E-state index contributed by atoms with van der Waals surface area (Å²) in [6.45, 7) is 6.38. The Bertz CT molecular complexity index is 390. The zero-order valence-electron chi connectivity index (χ0n) is 11.0. The lowest BCUT2D eigenvalue weighted by molar-refractivity contribution is 0.0426. The lowest BCUT2D eigenvalue weighted by Gasteiger charge is -2.43. The Kier molecular flexibility index (Phi) is 3.68. The molecule has 0 aromatic carbocycles. The van der Waals surface area contributed by atoms with Gasteiger partial charge in [0.1, 0.15) is 5.76 Å². The minimum absolute atomic E-state index is 0.569. The van der Waals surface area contributed by atoms with Gasteiger partial charge in [0.05, 0.1) is 12.8 Å². The van der Waals surface area contributed by atoms with Crippen LogP contribution in [0.1, 0.15) is 30.6 Å². The molecule has 3 heterocycles. The van der Waals surface area contributed by atoms with E-state index in [2.05, 4.69) is 15.9 Å². The van der Waals surface area contributed by atoms with Crippen molar-refractivity contribution < 1.29 is 4.42 Å². The summed E-state index contributed by atoms with van der Waals surface area (Å²) in [7, 11) is 0. The van der Waals surface area contributed by atoms with Gasteiger partial charge in [0.25, 0.3) is 0 Å². The predicted molar refractivity (Wildman–Crippen MR) is 71.1 cm³/mol. The molecule has 0 amide bonds. The maximum atomic E-state index is 5.60. The summed E-state index contributed by atoms with van der Waals surface area (Å²) in [5.74, 6) is 1.06. The summed E-state index contributed by atoms with van der Waals surface area (Å²) in [6, 6.07) is 2.87. The third-order valence-electron chi connectivity index (χ3n) is 4.24. The second kappa shape index (κ2) is 5.43. The van der Waals surface area contributed by atoms with E-state index in [4.69, 9.17) is 10.2 Å². The van der Waals surface area contributed by atoms with E-state index in [1.165, 1.54) is 38.9 Å². The molecule has 1 aromatic heterocycles. The van der Waals surface area contributed by atoms with Crippen molar-refractivity contribution in [2.75, 3.05) is 26.2 Å². The SMILES string of the molecule is NCc1coc(CN2CCN3CCCCC3C2)c1. The second-order valence-electron chi connectivity index (χ2n) is 5.55. The molecule has 3 rings (SSSR count). The lowest BCUT2D eigenvalue weighted by Crippen LogP contribution is -2.54. The molecule has 0 aliphatic carbocycles. The number of hydrogen-bond acceptors (Lipinski definition) is 4. The van der Waals surface area contributed by atoms with Crippen LogP contribution in [0.2, 0.25) is 0 Å². The summed E-state index contributed by atoms with van der Waals surface area (Å²) < 4.78 is 5.56. The van der Waals surface area contributed by atoms with Crippen molar-refractivity contribution in [2.24, 2.45) is 5.73 Å². The van der Waals surface area contributed by atoms with Crippen LogP contribution in [0.25, 0.3) is 0 Å². The molecule has 18 heavy (non-hydrogen) atoms. The fourth-order valence-corrected chi connectivity index (χ4v) is 3.20. The maximum Gasteiger partial charge on any atom is 0.118 e. The van der Waals surface area contributed by atoms with Gasteiger partial charge in [0.2, 0.25) is 0 Å². The highest BCUT2D eigenvalue weighted by molar-refractivity contribution is 5.12. The number of hydrogen-bond donors (Lipinski definition) is 1. The Morgan fingerprint density at radius 3 is 3.06 bits per heavy atom. The molecule has 0 radical (unpaired) electrons. The molecular weight excluding hydrogens is 226 g/mol. The van der Waals surface area contributed by atoms with Gasteiger partial charge in [-0.3, -0.25) is 9.80 Å². The first kappa shape index (κ1) is 12.2. The maximum absolute atomic E-state index is 5.60. The highest BCUT2D eigenvalue weighted by Gasteiger charge is 2.28. The van der Waals surface area contributed by atoms with Crippen LogP contribution >= 0.6 is 0 Å². The molecule has 1 atom stereocenters. The summed E-state index contributed by atoms with van der Waals surface area (Å²) in [6.07, 6.45) is 5.93. The highest BCUT2D eigenvalue weighted by Crippen LogP contribution is 2.22. The minimum atomic E-state index is 0.569. The van der Waals surface area contributed by atoms with Crippen LogP contribution in [-0.2, 0) is 13.1 Å². The number of rotatable bonds is 3. The molecule has 2 aliphatic heterocycles. The van der Waals surface area contributed by atoms with Crippen molar-refractivity contribution in [2.45, 2.75) is 38.4 Å². The van der Waals surface area contributed by atoms with E-state index in [0.717, 1.165) is 30.5 Å². The van der Waals surface area contributed by atoms with Gasteiger partial charge in [0.15, 0.2) is 0 Å². The number of piperazine rings is 1. The highest BCUT2D eigenvalue weighted by atomic mass is 16.3. The lowest BCUT2D eigenvalue weighted by atomic mass is 9.99. The van der Waals surface area contributed by atoms with Crippen LogP contribution in [0.4, 0.5) is 0 Å². The van der Waals surface area contributed by atoms with E-state index in [-0.39, 0.29) is 0 Å². The van der Waals surface area contributed by atoms with Crippen LogP contribution in [0.5, 0.6) is 0 Å². The fraction of sp³-hybridized carbons (Fsp3) is 0.714. The first-order valence-corrected chi connectivity index (χ1v) is 7.08. The predicted octanol–water partition coefficient (Wildman–Crippen LogP) is 1.41. The Morgan fingerprint density at radius 1 is 1.28 bits per heavy atom. The molecule has 1 unspecified atom stereocenters. The molecule has 2 fully saturated rings. The van der Waals surface area contributed by atoms with Crippen molar-refractivity contribution in [1.29, 1.82) is 0 Å². The Labute approximate surface area is 109 Å². The Hall–Kier alpha value is -0.840. The number of nitrogens with two attached hydrogens (primary N) is 1. The quantitative estimate of drug-likeness (QED) is 0.880. The minimum Gasteiger partial charge on any atom is -0.468 e. The van der Waals surface area contributed by atoms with Gasteiger partial charge in [0, 0.05) is 37.8 Å². The Balaban J connectivity index is 1.57. The first-order valence-electron chi connectivity index (χ1n) is 7.08. The molecule has 2 N–H and O–H groups in total. The molecule has 0 bridgehead atoms. The van der Waals surface area contributed by atoms with Gasteiger partial charge in [-0.15, -0.1) is 0 Å². The molecule has 0 saturated carbocycles. The van der Waals surface area contributed by atoms with Crippen LogP contribution < -0.4 is 5.73 Å². The zero-order valence-corrected chi connectivity index (χ0v) is 11.0. The number of furan rings is 1.